The largest absolute Gasteiger partial charge is 0.378 e. The van der Waals surface area contributed by atoms with Crippen molar-refractivity contribution in [3.63, 3.8) is 0 Å². The number of amides is 2. The molecule has 152 valence electrons. The number of rotatable bonds is 3. The van der Waals surface area contributed by atoms with Crippen LogP contribution in [0.4, 0.5) is 0 Å². The number of imidazole rings is 1. The molecule has 5 rings (SSSR count). The Labute approximate surface area is 165 Å². The maximum atomic E-state index is 13.0. The maximum Gasteiger partial charge on any atom is 0.226 e. The number of likely N-dealkylation sites (tertiary alicyclic amines) is 1. The van der Waals surface area contributed by atoms with Gasteiger partial charge in [-0.1, -0.05) is 0 Å². The van der Waals surface area contributed by atoms with Crippen LogP contribution in [0.3, 0.4) is 0 Å². The summed E-state index contributed by atoms with van der Waals surface area (Å²) in [6.45, 7) is 4.22. The molecule has 8 heteroatoms. The van der Waals surface area contributed by atoms with Crippen LogP contribution in [0.15, 0.2) is 6.33 Å². The maximum absolute atomic E-state index is 13.0. The first kappa shape index (κ1) is 18.1. The van der Waals surface area contributed by atoms with Crippen LogP contribution in [-0.2, 0) is 26.3 Å². The van der Waals surface area contributed by atoms with Crippen molar-refractivity contribution >= 4 is 11.8 Å². The first-order valence-electron chi connectivity index (χ1n) is 10.6. The van der Waals surface area contributed by atoms with Crippen LogP contribution in [-0.4, -0.2) is 77.0 Å². The van der Waals surface area contributed by atoms with Gasteiger partial charge in [0, 0.05) is 56.7 Å². The summed E-state index contributed by atoms with van der Waals surface area (Å²) in [5.41, 5.74) is 1.83. The van der Waals surface area contributed by atoms with Gasteiger partial charge in [0.05, 0.1) is 30.8 Å². The topological polar surface area (TPSA) is 90.6 Å². The van der Waals surface area contributed by atoms with Crippen LogP contribution in [0.5, 0.6) is 0 Å². The molecule has 0 unspecified atom stereocenters. The second-order valence-electron chi connectivity index (χ2n) is 8.59. The smallest absolute Gasteiger partial charge is 0.226 e. The highest BCUT2D eigenvalue weighted by molar-refractivity contribution is 5.82. The Morgan fingerprint density at radius 3 is 2.79 bits per heavy atom. The van der Waals surface area contributed by atoms with Gasteiger partial charge in [-0.2, -0.15) is 0 Å². The van der Waals surface area contributed by atoms with Crippen molar-refractivity contribution in [3.05, 3.63) is 17.7 Å². The van der Waals surface area contributed by atoms with Crippen LogP contribution >= 0.6 is 0 Å². The molecule has 2 N–H and O–H groups in total. The van der Waals surface area contributed by atoms with Crippen molar-refractivity contribution in [2.45, 2.75) is 50.1 Å². The van der Waals surface area contributed by atoms with Crippen molar-refractivity contribution in [3.8, 4) is 0 Å². The van der Waals surface area contributed by atoms with E-state index in [1.165, 1.54) is 0 Å². The van der Waals surface area contributed by atoms with E-state index in [1.54, 1.807) is 6.33 Å². The summed E-state index contributed by atoms with van der Waals surface area (Å²) in [6.07, 6.45) is 6.63. The second kappa shape index (κ2) is 7.15. The van der Waals surface area contributed by atoms with E-state index in [2.05, 4.69) is 20.2 Å². The van der Waals surface area contributed by atoms with Gasteiger partial charge in [0.15, 0.2) is 0 Å². The van der Waals surface area contributed by atoms with Gasteiger partial charge in [-0.05, 0) is 25.7 Å². The van der Waals surface area contributed by atoms with Crippen LogP contribution in [0, 0.1) is 5.92 Å². The molecule has 4 heterocycles. The predicted molar refractivity (Wildman–Crippen MR) is 101 cm³/mol. The van der Waals surface area contributed by atoms with Crippen molar-refractivity contribution < 1.29 is 14.3 Å². The molecule has 1 saturated carbocycles. The Balaban J connectivity index is 1.31. The Hall–Kier alpha value is -1.93. The van der Waals surface area contributed by atoms with E-state index in [4.69, 9.17) is 4.74 Å². The SMILES string of the molecule is O=C(C[C@@H]1COCCN1)N1CCC2(CC1)c1nc[nH]c1CCN2C(=O)C1CC1. The van der Waals surface area contributed by atoms with E-state index in [0.717, 1.165) is 56.6 Å². The number of aromatic amines is 1. The van der Waals surface area contributed by atoms with Gasteiger partial charge in [-0.15, -0.1) is 0 Å². The molecule has 1 aromatic heterocycles. The molecule has 3 aliphatic heterocycles. The lowest BCUT2D eigenvalue weighted by Gasteiger charge is -2.50. The van der Waals surface area contributed by atoms with Crippen molar-refractivity contribution in [2.75, 3.05) is 39.4 Å². The monoisotopic (exact) mass is 387 g/mol. The Bertz CT molecular complexity index is 745. The number of nitrogens with one attached hydrogen (secondary N) is 2. The van der Waals surface area contributed by atoms with E-state index in [-0.39, 0.29) is 29.3 Å². The second-order valence-corrected chi connectivity index (χ2v) is 8.59. The summed E-state index contributed by atoms with van der Waals surface area (Å²) < 4.78 is 5.47. The zero-order chi connectivity index (χ0) is 19.1. The summed E-state index contributed by atoms with van der Waals surface area (Å²) >= 11 is 0. The molecular formula is C20H29N5O3. The number of hydrogen-bond acceptors (Lipinski definition) is 5. The third-order valence-corrected chi connectivity index (χ3v) is 6.82. The number of hydrogen-bond donors (Lipinski definition) is 2. The van der Waals surface area contributed by atoms with Gasteiger partial charge in [-0.3, -0.25) is 9.59 Å². The van der Waals surface area contributed by atoms with Gasteiger partial charge < -0.3 is 24.8 Å². The third kappa shape index (κ3) is 3.12. The fourth-order valence-corrected chi connectivity index (χ4v) is 5.07. The van der Waals surface area contributed by atoms with Crippen LogP contribution in [0.2, 0.25) is 0 Å². The van der Waals surface area contributed by atoms with Crippen LogP contribution in [0.1, 0.15) is 43.5 Å². The molecule has 1 atom stereocenters. The summed E-state index contributed by atoms with van der Waals surface area (Å²) in [4.78, 5) is 37.8. The third-order valence-electron chi connectivity index (χ3n) is 6.82. The minimum atomic E-state index is -0.351. The number of morpholine rings is 1. The molecule has 3 fully saturated rings. The average Bonchev–Trinajstić information content (AvgIpc) is 3.46. The lowest BCUT2D eigenvalue weighted by atomic mass is 9.78. The molecule has 8 nitrogen and oxygen atoms in total. The van der Waals surface area contributed by atoms with Gasteiger partial charge in [0.25, 0.3) is 0 Å². The molecule has 2 amide bonds. The molecule has 0 radical (unpaired) electrons. The number of piperidine rings is 1. The standard InChI is InChI=1S/C20H29N5O3/c26-17(11-15-12-28-10-6-21-15)24-8-4-20(5-9-24)18-16(22-13-23-18)3-7-25(20)19(27)14-1-2-14/h13-15,21H,1-12H2,(H,22,23)/t15-/m1/s1. The highest BCUT2D eigenvalue weighted by Gasteiger charge is 2.51. The highest BCUT2D eigenvalue weighted by Crippen LogP contribution is 2.45. The van der Waals surface area contributed by atoms with Gasteiger partial charge >= 0.3 is 0 Å². The van der Waals surface area contributed by atoms with Crippen LogP contribution < -0.4 is 5.32 Å². The number of fused-ring (bicyclic) bond motifs is 2. The highest BCUT2D eigenvalue weighted by atomic mass is 16.5. The van der Waals surface area contributed by atoms with Crippen molar-refractivity contribution in [1.29, 1.82) is 0 Å². The summed E-state index contributed by atoms with van der Waals surface area (Å²) in [7, 11) is 0. The molecule has 1 aromatic rings. The summed E-state index contributed by atoms with van der Waals surface area (Å²) in [5, 5.41) is 3.36. The molecule has 0 aromatic carbocycles. The van der Waals surface area contributed by atoms with E-state index in [1.807, 2.05) is 4.90 Å². The van der Waals surface area contributed by atoms with Crippen molar-refractivity contribution in [2.24, 2.45) is 5.92 Å². The van der Waals surface area contributed by atoms with Crippen LogP contribution in [0.25, 0.3) is 0 Å². The molecule has 28 heavy (non-hydrogen) atoms. The quantitative estimate of drug-likeness (QED) is 0.784. The van der Waals surface area contributed by atoms with Gasteiger partial charge in [0.1, 0.15) is 0 Å². The van der Waals surface area contributed by atoms with E-state index in [9.17, 15) is 9.59 Å². The lowest BCUT2D eigenvalue weighted by molar-refractivity contribution is -0.146. The zero-order valence-corrected chi connectivity index (χ0v) is 16.3. The molecule has 0 bridgehead atoms. The summed E-state index contributed by atoms with van der Waals surface area (Å²) in [6, 6.07) is 0.109. The zero-order valence-electron chi connectivity index (χ0n) is 16.3. The summed E-state index contributed by atoms with van der Waals surface area (Å²) in [5.74, 6) is 0.669. The van der Waals surface area contributed by atoms with Gasteiger partial charge in [0.2, 0.25) is 11.8 Å². The number of aromatic nitrogens is 2. The number of H-pyrrole nitrogens is 1. The van der Waals surface area contributed by atoms with E-state index in [0.29, 0.717) is 32.7 Å². The van der Waals surface area contributed by atoms with Gasteiger partial charge in [-0.25, -0.2) is 4.98 Å². The average molecular weight is 387 g/mol. The minimum Gasteiger partial charge on any atom is -0.378 e. The molecule has 2 saturated heterocycles. The minimum absolute atomic E-state index is 0.109. The lowest BCUT2D eigenvalue weighted by Crippen LogP contribution is -2.59. The van der Waals surface area contributed by atoms with Crippen molar-refractivity contribution in [1.82, 2.24) is 25.1 Å². The molecular weight excluding hydrogens is 358 g/mol. The van der Waals surface area contributed by atoms with E-state index < -0.39 is 0 Å². The number of carbonyl (C=O) groups excluding carboxylic acids is 2. The van der Waals surface area contributed by atoms with E-state index >= 15 is 0 Å². The Morgan fingerprint density at radius 1 is 1.25 bits per heavy atom. The molecule has 1 spiro atoms. The number of nitrogens with zero attached hydrogens (tertiary/aromatic N) is 3. The molecule has 1 aliphatic carbocycles. The molecule has 4 aliphatic rings. The first-order chi connectivity index (χ1) is 13.7. The first-order valence-corrected chi connectivity index (χ1v) is 10.6. The Kier molecular flexibility index (Phi) is 4.63. The number of ether oxygens (including phenoxy) is 1. The Morgan fingerprint density at radius 2 is 2.07 bits per heavy atom. The number of carbonyl (C=O) groups is 2. The predicted octanol–water partition coefficient (Wildman–Crippen LogP) is 0.401. The fourth-order valence-electron chi connectivity index (χ4n) is 5.07. The fraction of sp³-hybridized carbons (Fsp3) is 0.750. The normalized spacial score (nSPS) is 26.9.